The number of hydrogen-bond acceptors (Lipinski definition) is 3. The van der Waals surface area contributed by atoms with Crippen molar-refractivity contribution in [2.75, 3.05) is 5.32 Å². The number of aryl methyl sites for hydroxylation is 3. The van der Waals surface area contributed by atoms with E-state index in [1.54, 1.807) is 0 Å². The fourth-order valence-electron chi connectivity index (χ4n) is 2.94. The van der Waals surface area contributed by atoms with Gasteiger partial charge in [-0.25, -0.2) is 4.98 Å². The van der Waals surface area contributed by atoms with Crippen molar-refractivity contribution in [1.82, 2.24) is 4.98 Å². The Morgan fingerprint density at radius 2 is 1.63 bits per heavy atom. The van der Waals surface area contributed by atoms with Gasteiger partial charge in [-0.15, -0.1) is 0 Å². The highest BCUT2D eigenvalue weighted by molar-refractivity contribution is 6.05. The van der Waals surface area contributed by atoms with Crippen molar-refractivity contribution in [3.63, 3.8) is 0 Å². The smallest absolute Gasteiger partial charge is 0.255 e. The Labute approximate surface area is 157 Å². The molecule has 1 heterocycles. The molecule has 0 spiro atoms. The Bertz CT molecular complexity index is 1140. The summed E-state index contributed by atoms with van der Waals surface area (Å²) in [6.45, 7) is 5.98. The van der Waals surface area contributed by atoms with Gasteiger partial charge in [0.1, 0.15) is 5.52 Å². The third kappa shape index (κ3) is 3.47. The minimum absolute atomic E-state index is 0.136. The van der Waals surface area contributed by atoms with Crippen molar-refractivity contribution in [3.8, 4) is 11.5 Å². The number of carbonyl (C=O) groups is 1. The van der Waals surface area contributed by atoms with Crippen LogP contribution < -0.4 is 5.32 Å². The van der Waals surface area contributed by atoms with Crippen LogP contribution in [0.1, 0.15) is 27.0 Å². The van der Waals surface area contributed by atoms with Gasteiger partial charge in [0.2, 0.25) is 5.89 Å². The quantitative estimate of drug-likeness (QED) is 0.514. The fraction of sp³-hybridized carbons (Fsp3) is 0.130. The van der Waals surface area contributed by atoms with Crippen LogP contribution in [0.25, 0.3) is 22.6 Å². The van der Waals surface area contributed by atoms with E-state index in [4.69, 9.17) is 4.42 Å². The first kappa shape index (κ1) is 17.0. The topological polar surface area (TPSA) is 55.1 Å². The first-order chi connectivity index (χ1) is 13.0. The highest BCUT2D eigenvalue weighted by Crippen LogP contribution is 2.28. The first-order valence-corrected chi connectivity index (χ1v) is 8.86. The summed E-state index contributed by atoms with van der Waals surface area (Å²) in [6.07, 6.45) is 0. The van der Waals surface area contributed by atoms with Gasteiger partial charge in [0, 0.05) is 16.8 Å². The van der Waals surface area contributed by atoms with Gasteiger partial charge in [0.15, 0.2) is 5.58 Å². The lowest BCUT2D eigenvalue weighted by Crippen LogP contribution is -2.12. The second kappa shape index (κ2) is 6.72. The zero-order chi connectivity index (χ0) is 19.0. The normalized spacial score (nSPS) is 10.9. The van der Waals surface area contributed by atoms with Crippen molar-refractivity contribution in [3.05, 3.63) is 82.9 Å². The zero-order valence-corrected chi connectivity index (χ0v) is 15.5. The molecule has 1 amide bonds. The molecule has 0 aliphatic heterocycles. The van der Waals surface area contributed by atoms with Gasteiger partial charge in [-0.1, -0.05) is 29.8 Å². The van der Waals surface area contributed by atoms with Crippen molar-refractivity contribution in [2.45, 2.75) is 20.8 Å². The maximum Gasteiger partial charge on any atom is 0.255 e. The predicted molar refractivity (Wildman–Crippen MR) is 108 cm³/mol. The molecule has 0 atom stereocenters. The molecule has 4 heteroatoms. The van der Waals surface area contributed by atoms with E-state index in [1.807, 2.05) is 81.4 Å². The number of aromatic nitrogens is 1. The van der Waals surface area contributed by atoms with Crippen molar-refractivity contribution in [2.24, 2.45) is 0 Å². The maximum absolute atomic E-state index is 12.6. The van der Waals surface area contributed by atoms with Crippen molar-refractivity contribution < 1.29 is 9.21 Å². The number of rotatable bonds is 3. The summed E-state index contributed by atoms with van der Waals surface area (Å²) in [5.74, 6) is 0.407. The van der Waals surface area contributed by atoms with Crippen LogP contribution in [0.15, 0.2) is 65.1 Å². The molecule has 4 rings (SSSR count). The Morgan fingerprint density at radius 1 is 0.889 bits per heavy atom. The first-order valence-electron chi connectivity index (χ1n) is 8.86. The number of nitrogens with one attached hydrogen (secondary N) is 1. The van der Waals surface area contributed by atoms with Gasteiger partial charge in [0.05, 0.1) is 0 Å². The number of hydrogen-bond donors (Lipinski definition) is 1. The highest BCUT2D eigenvalue weighted by Gasteiger charge is 2.12. The Balaban J connectivity index is 1.66. The second-order valence-corrected chi connectivity index (χ2v) is 6.84. The lowest BCUT2D eigenvalue weighted by atomic mass is 10.1. The van der Waals surface area contributed by atoms with E-state index in [0.717, 1.165) is 39.0 Å². The zero-order valence-electron chi connectivity index (χ0n) is 15.5. The molecule has 0 saturated carbocycles. The van der Waals surface area contributed by atoms with E-state index < -0.39 is 0 Å². The summed E-state index contributed by atoms with van der Waals surface area (Å²) in [6, 6.07) is 19.3. The van der Waals surface area contributed by atoms with Gasteiger partial charge in [-0.2, -0.15) is 0 Å². The molecular formula is C23H20N2O2. The molecule has 134 valence electrons. The molecule has 0 fully saturated rings. The summed E-state index contributed by atoms with van der Waals surface area (Å²) in [4.78, 5) is 17.1. The van der Waals surface area contributed by atoms with Gasteiger partial charge in [-0.3, -0.25) is 4.79 Å². The standard InChI is InChI=1S/C23H20N2O2/c1-14-4-8-17(9-5-14)22(26)24-20-13-18(10-7-16(20)3)23-25-19-11-6-15(2)12-21(19)27-23/h4-13H,1-3H3,(H,24,26). The minimum Gasteiger partial charge on any atom is -0.436 e. The van der Waals surface area contributed by atoms with E-state index in [0.29, 0.717) is 11.5 Å². The number of nitrogens with zero attached hydrogens (tertiary/aromatic N) is 1. The number of fused-ring (bicyclic) bond motifs is 1. The molecule has 0 bridgehead atoms. The van der Waals surface area contributed by atoms with Crippen LogP contribution in [-0.4, -0.2) is 10.9 Å². The molecule has 0 saturated heterocycles. The van der Waals surface area contributed by atoms with Crippen LogP contribution in [0.4, 0.5) is 5.69 Å². The van der Waals surface area contributed by atoms with Crippen molar-refractivity contribution in [1.29, 1.82) is 0 Å². The number of amides is 1. The Morgan fingerprint density at radius 3 is 2.41 bits per heavy atom. The number of benzene rings is 3. The molecule has 0 aliphatic rings. The monoisotopic (exact) mass is 356 g/mol. The Hall–Kier alpha value is -3.40. The third-order valence-electron chi connectivity index (χ3n) is 4.59. The van der Waals surface area contributed by atoms with Crippen LogP contribution in [0.2, 0.25) is 0 Å². The second-order valence-electron chi connectivity index (χ2n) is 6.84. The van der Waals surface area contributed by atoms with Crippen LogP contribution >= 0.6 is 0 Å². The number of anilines is 1. The molecular weight excluding hydrogens is 336 g/mol. The van der Waals surface area contributed by atoms with Crippen LogP contribution in [0, 0.1) is 20.8 Å². The van der Waals surface area contributed by atoms with Crippen LogP contribution in [0.3, 0.4) is 0 Å². The van der Waals surface area contributed by atoms with E-state index in [9.17, 15) is 4.79 Å². The van der Waals surface area contributed by atoms with E-state index in [2.05, 4.69) is 10.3 Å². The van der Waals surface area contributed by atoms with Gasteiger partial charge in [-0.05, 0) is 68.3 Å². The van der Waals surface area contributed by atoms with Gasteiger partial charge in [0.25, 0.3) is 5.91 Å². The summed E-state index contributed by atoms with van der Waals surface area (Å²) in [5.41, 5.74) is 7.01. The number of oxazole rings is 1. The predicted octanol–water partition coefficient (Wildman–Crippen LogP) is 5.67. The van der Waals surface area contributed by atoms with Gasteiger partial charge < -0.3 is 9.73 Å². The molecule has 27 heavy (non-hydrogen) atoms. The summed E-state index contributed by atoms with van der Waals surface area (Å²) in [5, 5.41) is 2.99. The van der Waals surface area contributed by atoms with Crippen LogP contribution in [0.5, 0.6) is 0 Å². The van der Waals surface area contributed by atoms with E-state index in [-0.39, 0.29) is 5.91 Å². The average molecular weight is 356 g/mol. The number of carbonyl (C=O) groups excluding carboxylic acids is 1. The Kier molecular flexibility index (Phi) is 4.24. The summed E-state index contributed by atoms with van der Waals surface area (Å²) >= 11 is 0. The van der Waals surface area contributed by atoms with E-state index in [1.165, 1.54) is 0 Å². The largest absolute Gasteiger partial charge is 0.436 e. The fourth-order valence-corrected chi connectivity index (χ4v) is 2.94. The molecule has 0 unspecified atom stereocenters. The SMILES string of the molecule is Cc1ccc(C(=O)Nc2cc(-c3nc4ccc(C)cc4o3)ccc2C)cc1. The molecule has 4 aromatic rings. The molecule has 4 nitrogen and oxygen atoms in total. The third-order valence-corrected chi connectivity index (χ3v) is 4.59. The lowest BCUT2D eigenvalue weighted by Gasteiger charge is -2.10. The molecule has 0 aliphatic carbocycles. The lowest BCUT2D eigenvalue weighted by molar-refractivity contribution is 0.102. The van der Waals surface area contributed by atoms with Gasteiger partial charge >= 0.3 is 0 Å². The summed E-state index contributed by atoms with van der Waals surface area (Å²) < 4.78 is 5.91. The van der Waals surface area contributed by atoms with Crippen LogP contribution in [-0.2, 0) is 0 Å². The molecule has 0 radical (unpaired) electrons. The summed E-state index contributed by atoms with van der Waals surface area (Å²) in [7, 11) is 0. The molecule has 1 N–H and O–H groups in total. The van der Waals surface area contributed by atoms with E-state index >= 15 is 0 Å². The average Bonchev–Trinajstić information content (AvgIpc) is 3.07. The molecule has 1 aromatic heterocycles. The molecule has 3 aromatic carbocycles. The highest BCUT2D eigenvalue weighted by atomic mass is 16.3. The minimum atomic E-state index is -0.136. The van der Waals surface area contributed by atoms with Crippen molar-refractivity contribution >= 4 is 22.7 Å². The maximum atomic E-state index is 12.6.